The summed E-state index contributed by atoms with van der Waals surface area (Å²) in [6.07, 6.45) is 0.479. The Bertz CT molecular complexity index is 376. The van der Waals surface area contributed by atoms with Gasteiger partial charge < -0.3 is 10.0 Å². The number of nitrogens with zero attached hydrogens (tertiary/aromatic N) is 1. The van der Waals surface area contributed by atoms with Crippen LogP contribution in [-0.2, 0) is 6.54 Å². The Balaban J connectivity index is 2.50. The van der Waals surface area contributed by atoms with Crippen LogP contribution in [0.1, 0.15) is 29.3 Å². The van der Waals surface area contributed by atoms with Gasteiger partial charge in [0.05, 0.1) is 6.10 Å². The van der Waals surface area contributed by atoms with Crippen LogP contribution < -0.4 is 11.3 Å². The van der Waals surface area contributed by atoms with E-state index < -0.39 is 0 Å². The minimum absolute atomic E-state index is 0.275. The van der Waals surface area contributed by atoms with E-state index in [2.05, 4.69) is 10.3 Å². The predicted octanol–water partition coefficient (Wildman–Crippen LogP) is 0.493. The Morgan fingerprint density at radius 1 is 1.44 bits per heavy atom. The molecule has 0 radical (unpaired) electrons. The largest absolute Gasteiger partial charge is 0.393 e. The lowest BCUT2D eigenvalue weighted by Crippen LogP contribution is -2.29. The Morgan fingerprint density at radius 2 is 2.06 bits per heavy atom. The van der Waals surface area contributed by atoms with Crippen LogP contribution in [0, 0.1) is 0 Å². The number of hydrogen-bond donors (Lipinski definition) is 3. The molecule has 0 fully saturated rings. The minimum atomic E-state index is -0.288. The number of amides is 1. The van der Waals surface area contributed by atoms with Gasteiger partial charge in [-0.05, 0) is 38.1 Å². The average Bonchev–Trinajstić information content (AvgIpc) is 2.36. The van der Waals surface area contributed by atoms with Crippen molar-refractivity contribution in [1.29, 1.82) is 0 Å². The van der Waals surface area contributed by atoms with Gasteiger partial charge >= 0.3 is 0 Å². The lowest BCUT2D eigenvalue weighted by atomic mass is 10.1. The van der Waals surface area contributed by atoms with E-state index >= 15 is 0 Å². The molecule has 0 aliphatic rings. The Kier molecular flexibility index (Phi) is 5.77. The van der Waals surface area contributed by atoms with E-state index in [0.29, 0.717) is 5.56 Å². The van der Waals surface area contributed by atoms with Crippen molar-refractivity contribution in [3.63, 3.8) is 0 Å². The van der Waals surface area contributed by atoms with Crippen LogP contribution in [0.4, 0.5) is 0 Å². The number of hydrazine groups is 1. The number of carbonyl (C=O) groups excluding carboxylic acids is 1. The standard InChI is InChI=1S/C13H21N3O2/c1-10(17)7-8-16(2)9-11-3-5-12(6-4-11)13(18)15-14/h3-6,10,17H,7-9,14H2,1-2H3,(H,15,18). The van der Waals surface area contributed by atoms with E-state index in [1.165, 1.54) is 0 Å². The third-order valence-corrected chi connectivity index (χ3v) is 2.73. The summed E-state index contributed by atoms with van der Waals surface area (Å²) in [5, 5.41) is 9.21. The molecule has 1 amide bonds. The van der Waals surface area contributed by atoms with Crippen LogP contribution in [0.2, 0.25) is 0 Å². The summed E-state index contributed by atoms with van der Waals surface area (Å²) in [6, 6.07) is 7.31. The fraction of sp³-hybridized carbons (Fsp3) is 0.462. The first-order chi connectivity index (χ1) is 8.52. The summed E-state index contributed by atoms with van der Waals surface area (Å²) in [4.78, 5) is 13.4. The normalized spacial score (nSPS) is 12.5. The molecule has 0 bridgehead atoms. The molecule has 1 aromatic rings. The lowest BCUT2D eigenvalue weighted by molar-refractivity contribution is 0.0953. The molecule has 0 heterocycles. The highest BCUT2D eigenvalue weighted by molar-refractivity contribution is 5.93. The van der Waals surface area contributed by atoms with Gasteiger partial charge in [-0.1, -0.05) is 12.1 Å². The number of nitrogens with two attached hydrogens (primary N) is 1. The zero-order chi connectivity index (χ0) is 13.5. The molecule has 1 aromatic carbocycles. The topological polar surface area (TPSA) is 78.6 Å². The smallest absolute Gasteiger partial charge is 0.265 e. The molecule has 1 unspecified atom stereocenters. The first-order valence-electron chi connectivity index (χ1n) is 5.99. The number of hydrogen-bond acceptors (Lipinski definition) is 4. The van der Waals surface area contributed by atoms with Crippen molar-refractivity contribution < 1.29 is 9.90 Å². The van der Waals surface area contributed by atoms with Crippen LogP contribution >= 0.6 is 0 Å². The number of nitrogens with one attached hydrogen (secondary N) is 1. The van der Waals surface area contributed by atoms with Crippen molar-refractivity contribution in [3.8, 4) is 0 Å². The van der Waals surface area contributed by atoms with E-state index in [0.717, 1.165) is 25.1 Å². The second-order valence-electron chi connectivity index (χ2n) is 4.55. The SMILES string of the molecule is CC(O)CCN(C)Cc1ccc(C(=O)NN)cc1. The van der Waals surface area contributed by atoms with Crippen molar-refractivity contribution in [3.05, 3.63) is 35.4 Å². The molecule has 100 valence electrons. The fourth-order valence-corrected chi connectivity index (χ4v) is 1.64. The van der Waals surface area contributed by atoms with Crippen molar-refractivity contribution in [2.45, 2.75) is 26.0 Å². The van der Waals surface area contributed by atoms with Gasteiger partial charge in [0.25, 0.3) is 5.91 Å². The molecule has 5 nitrogen and oxygen atoms in total. The number of aliphatic hydroxyl groups excluding tert-OH is 1. The second-order valence-corrected chi connectivity index (χ2v) is 4.55. The molecular formula is C13H21N3O2. The van der Waals surface area contributed by atoms with E-state index in [9.17, 15) is 9.90 Å². The minimum Gasteiger partial charge on any atom is -0.393 e. The molecular weight excluding hydrogens is 230 g/mol. The van der Waals surface area contributed by atoms with E-state index in [1.54, 1.807) is 19.1 Å². The van der Waals surface area contributed by atoms with E-state index in [-0.39, 0.29) is 12.0 Å². The van der Waals surface area contributed by atoms with Crippen molar-refractivity contribution in [1.82, 2.24) is 10.3 Å². The van der Waals surface area contributed by atoms with Crippen LogP contribution in [0.25, 0.3) is 0 Å². The van der Waals surface area contributed by atoms with Gasteiger partial charge in [0.1, 0.15) is 0 Å². The predicted molar refractivity (Wildman–Crippen MR) is 70.7 cm³/mol. The van der Waals surface area contributed by atoms with Crippen LogP contribution in [0.15, 0.2) is 24.3 Å². The van der Waals surface area contributed by atoms with E-state index in [4.69, 9.17) is 5.84 Å². The maximum Gasteiger partial charge on any atom is 0.265 e. The molecule has 5 heteroatoms. The van der Waals surface area contributed by atoms with Crippen LogP contribution in [0.5, 0.6) is 0 Å². The molecule has 0 aliphatic heterocycles. The lowest BCUT2D eigenvalue weighted by Gasteiger charge is -2.17. The molecule has 0 saturated carbocycles. The summed E-state index contributed by atoms with van der Waals surface area (Å²) in [5.74, 6) is 4.77. The number of carbonyl (C=O) groups is 1. The summed E-state index contributed by atoms with van der Waals surface area (Å²) < 4.78 is 0. The molecule has 1 atom stereocenters. The number of nitrogen functional groups attached to an aromatic ring is 1. The summed E-state index contributed by atoms with van der Waals surface area (Å²) in [7, 11) is 2.00. The summed E-state index contributed by atoms with van der Waals surface area (Å²) in [5.41, 5.74) is 3.77. The van der Waals surface area contributed by atoms with Gasteiger partial charge in [-0.3, -0.25) is 10.2 Å². The first-order valence-corrected chi connectivity index (χ1v) is 5.99. The van der Waals surface area contributed by atoms with Gasteiger partial charge in [0, 0.05) is 18.7 Å². The monoisotopic (exact) mass is 251 g/mol. The van der Waals surface area contributed by atoms with Crippen molar-refractivity contribution >= 4 is 5.91 Å². The van der Waals surface area contributed by atoms with E-state index in [1.807, 2.05) is 19.2 Å². The number of aliphatic hydroxyl groups is 1. The summed E-state index contributed by atoms with van der Waals surface area (Å²) in [6.45, 7) is 3.41. The average molecular weight is 251 g/mol. The third kappa shape index (κ3) is 4.83. The molecule has 0 saturated heterocycles. The quantitative estimate of drug-likeness (QED) is 0.391. The van der Waals surface area contributed by atoms with Crippen molar-refractivity contribution in [2.24, 2.45) is 5.84 Å². The van der Waals surface area contributed by atoms with Crippen LogP contribution in [-0.4, -0.2) is 35.6 Å². The maximum absolute atomic E-state index is 11.3. The van der Waals surface area contributed by atoms with Gasteiger partial charge in [-0.25, -0.2) is 5.84 Å². The zero-order valence-corrected chi connectivity index (χ0v) is 10.9. The highest BCUT2D eigenvalue weighted by atomic mass is 16.3. The molecule has 1 rings (SSSR count). The second kappa shape index (κ2) is 7.10. The van der Waals surface area contributed by atoms with Gasteiger partial charge in [-0.15, -0.1) is 0 Å². The molecule has 0 spiro atoms. The van der Waals surface area contributed by atoms with Crippen LogP contribution in [0.3, 0.4) is 0 Å². The number of rotatable bonds is 6. The fourth-order valence-electron chi connectivity index (χ4n) is 1.64. The highest BCUT2D eigenvalue weighted by Gasteiger charge is 2.05. The third-order valence-electron chi connectivity index (χ3n) is 2.73. The summed E-state index contributed by atoms with van der Waals surface area (Å²) >= 11 is 0. The zero-order valence-electron chi connectivity index (χ0n) is 10.9. The Hall–Kier alpha value is -1.43. The Labute approximate surface area is 108 Å². The number of benzene rings is 1. The first kappa shape index (κ1) is 14.6. The van der Waals surface area contributed by atoms with Gasteiger partial charge in [0.2, 0.25) is 0 Å². The molecule has 0 aromatic heterocycles. The van der Waals surface area contributed by atoms with Crippen molar-refractivity contribution in [2.75, 3.05) is 13.6 Å². The Morgan fingerprint density at radius 3 is 2.56 bits per heavy atom. The van der Waals surface area contributed by atoms with Gasteiger partial charge in [-0.2, -0.15) is 0 Å². The maximum atomic E-state index is 11.3. The molecule has 18 heavy (non-hydrogen) atoms. The van der Waals surface area contributed by atoms with Gasteiger partial charge in [0.15, 0.2) is 0 Å². The highest BCUT2D eigenvalue weighted by Crippen LogP contribution is 2.07. The molecule has 4 N–H and O–H groups in total. The molecule has 0 aliphatic carbocycles.